The molecule has 1 amide bonds. The van der Waals surface area contributed by atoms with Crippen molar-refractivity contribution < 1.29 is 32.2 Å². The van der Waals surface area contributed by atoms with E-state index in [1.165, 1.54) is 62.7 Å². The highest BCUT2D eigenvalue weighted by Gasteiger charge is 2.23. The summed E-state index contributed by atoms with van der Waals surface area (Å²) in [6, 6.07) is 13.6. The zero-order chi connectivity index (χ0) is 24.9. The molecule has 0 aromatic heterocycles. The van der Waals surface area contributed by atoms with Crippen molar-refractivity contribution in [2.45, 2.75) is 11.8 Å². The maximum absolute atomic E-state index is 12.7. The first-order valence-electron chi connectivity index (χ1n) is 9.61. The smallest absolute Gasteiger partial charge is 0.339 e. The largest absolute Gasteiger partial charge is 0.507 e. The first kappa shape index (κ1) is 24.2. The van der Waals surface area contributed by atoms with Gasteiger partial charge in [-0.25, -0.2) is 5.43 Å². The minimum atomic E-state index is -4.39. The highest BCUT2D eigenvalue weighted by atomic mass is 32.2. The lowest BCUT2D eigenvalue weighted by atomic mass is 10.2. The molecule has 0 bridgehead atoms. The van der Waals surface area contributed by atoms with Gasteiger partial charge >= 0.3 is 10.1 Å². The molecule has 12 heteroatoms. The molecule has 3 aromatic rings. The second-order valence-corrected chi connectivity index (χ2v) is 8.42. The van der Waals surface area contributed by atoms with Crippen molar-refractivity contribution in [3.8, 4) is 17.2 Å². The number of amides is 1. The molecular weight excluding hydrogens is 466 g/mol. The van der Waals surface area contributed by atoms with Gasteiger partial charge < -0.3 is 14.0 Å². The zero-order valence-corrected chi connectivity index (χ0v) is 18.8. The molecule has 0 unspecified atom stereocenters. The summed E-state index contributed by atoms with van der Waals surface area (Å²) in [5.41, 5.74) is 2.70. The number of hydrogen-bond donors (Lipinski definition) is 2. The highest BCUT2D eigenvalue weighted by molar-refractivity contribution is 7.87. The minimum Gasteiger partial charge on any atom is -0.507 e. The lowest BCUT2D eigenvalue weighted by Gasteiger charge is -2.11. The molecule has 0 spiro atoms. The number of aromatic hydroxyl groups is 1. The maximum atomic E-state index is 12.7. The third kappa shape index (κ3) is 5.48. The number of rotatable bonds is 8. The number of hydrogen-bond acceptors (Lipinski definition) is 9. The predicted octanol–water partition coefficient (Wildman–Crippen LogP) is 3.15. The van der Waals surface area contributed by atoms with E-state index in [1.807, 2.05) is 0 Å². The summed E-state index contributed by atoms with van der Waals surface area (Å²) >= 11 is 0. The van der Waals surface area contributed by atoms with Crippen LogP contribution in [0.2, 0.25) is 0 Å². The van der Waals surface area contributed by atoms with Gasteiger partial charge in [0.05, 0.1) is 23.8 Å². The third-order valence-electron chi connectivity index (χ3n) is 4.58. The van der Waals surface area contributed by atoms with Crippen LogP contribution in [-0.4, -0.2) is 37.7 Å². The zero-order valence-electron chi connectivity index (χ0n) is 18.0. The first-order valence-corrected chi connectivity index (χ1v) is 11.0. The number of benzene rings is 3. The number of aryl methyl sites for hydroxylation is 1. The van der Waals surface area contributed by atoms with Crippen LogP contribution in [0.3, 0.4) is 0 Å². The van der Waals surface area contributed by atoms with Crippen LogP contribution in [0.5, 0.6) is 17.2 Å². The van der Waals surface area contributed by atoms with Gasteiger partial charge in [-0.2, -0.15) is 13.5 Å². The first-order chi connectivity index (χ1) is 16.1. The summed E-state index contributed by atoms with van der Waals surface area (Å²) in [6.45, 7) is 1.49. The number of para-hydroxylation sites is 1. The Morgan fingerprint density at radius 1 is 1.12 bits per heavy atom. The van der Waals surface area contributed by atoms with Gasteiger partial charge in [0, 0.05) is 11.6 Å². The lowest BCUT2D eigenvalue weighted by molar-refractivity contribution is -0.385. The topological polar surface area (TPSA) is 157 Å². The number of methoxy groups -OCH3 is 1. The Morgan fingerprint density at radius 3 is 2.53 bits per heavy atom. The number of ether oxygens (including phenoxy) is 1. The highest BCUT2D eigenvalue weighted by Crippen LogP contribution is 2.31. The Labute approximate surface area is 194 Å². The fourth-order valence-electron chi connectivity index (χ4n) is 2.83. The van der Waals surface area contributed by atoms with Gasteiger partial charge in [0.1, 0.15) is 10.6 Å². The van der Waals surface area contributed by atoms with E-state index in [2.05, 4.69) is 10.5 Å². The molecule has 0 fully saturated rings. The van der Waals surface area contributed by atoms with Crippen LogP contribution in [0.4, 0.5) is 5.69 Å². The van der Waals surface area contributed by atoms with Crippen LogP contribution >= 0.6 is 0 Å². The standard InChI is InChI=1S/C22H19N3O8S/c1-14-7-9-16(12-18(14)25(28)29)34(30,31)33-20-10-8-15(11-21(20)32-2)13-23-24-22(27)17-5-3-4-6-19(17)26/h3-13,26H,1-2H3,(H,24,27). The van der Waals surface area contributed by atoms with E-state index in [0.717, 1.165) is 6.07 Å². The lowest BCUT2D eigenvalue weighted by Crippen LogP contribution is -2.17. The van der Waals surface area contributed by atoms with Gasteiger partial charge in [-0.1, -0.05) is 18.2 Å². The fourth-order valence-corrected chi connectivity index (χ4v) is 3.79. The SMILES string of the molecule is COc1cc(C=NNC(=O)c2ccccc2O)ccc1OS(=O)(=O)c1ccc(C)c([N+](=O)[O-])c1. The third-order valence-corrected chi connectivity index (χ3v) is 5.81. The van der Waals surface area contributed by atoms with E-state index in [-0.39, 0.29) is 33.4 Å². The van der Waals surface area contributed by atoms with Gasteiger partial charge in [0.15, 0.2) is 11.5 Å². The number of nitro benzene ring substituents is 1. The summed E-state index contributed by atoms with van der Waals surface area (Å²) in [7, 11) is -3.10. The predicted molar refractivity (Wildman–Crippen MR) is 122 cm³/mol. The molecule has 2 N–H and O–H groups in total. The van der Waals surface area contributed by atoms with Crippen molar-refractivity contribution in [2.75, 3.05) is 7.11 Å². The van der Waals surface area contributed by atoms with E-state index in [1.54, 1.807) is 12.1 Å². The van der Waals surface area contributed by atoms with E-state index in [0.29, 0.717) is 11.1 Å². The molecule has 0 aliphatic carbocycles. The van der Waals surface area contributed by atoms with Crippen molar-refractivity contribution >= 4 is 27.9 Å². The molecule has 0 aliphatic rings. The minimum absolute atomic E-state index is 0.0427. The molecule has 0 saturated carbocycles. The Kier molecular flexibility index (Phi) is 7.12. The summed E-state index contributed by atoms with van der Waals surface area (Å²) in [5, 5.41) is 24.6. The van der Waals surface area contributed by atoms with Crippen LogP contribution in [-0.2, 0) is 10.1 Å². The Hall–Kier alpha value is -4.45. The fraction of sp³-hybridized carbons (Fsp3) is 0.0909. The molecule has 0 saturated heterocycles. The maximum Gasteiger partial charge on any atom is 0.339 e. The monoisotopic (exact) mass is 485 g/mol. The Balaban J connectivity index is 1.78. The van der Waals surface area contributed by atoms with Crippen molar-refractivity contribution in [3.63, 3.8) is 0 Å². The van der Waals surface area contributed by atoms with E-state index >= 15 is 0 Å². The Bertz CT molecular complexity index is 1390. The molecule has 0 heterocycles. The van der Waals surface area contributed by atoms with Crippen LogP contribution in [0.15, 0.2) is 70.7 Å². The van der Waals surface area contributed by atoms with Crippen LogP contribution in [0.1, 0.15) is 21.5 Å². The molecule has 11 nitrogen and oxygen atoms in total. The Morgan fingerprint density at radius 2 is 1.85 bits per heavy atom. The number of nitrogens with zero attached hydrogens (tertiary/aromatic N) is 2. The van der Waals surface area contributed by atoms with E-state index in [9.17, 15) is 28.4 Å². The summed E-state index contributed by atoms with van der Waals surface area (Å²) in [4.78, 5) is 22.1. The van der Waals surface area contributed by atoms with Gasteiger partial charge in [0.2, 0.25) is 0 Å². The van der Waals surface area contributed by atoms with E-state index in [4.69, 9.17) is 8.92 Å². The molecule has 34 heavy (non-hydrogen) atoms. The quantitative estimate of drug-likeness (QED) is 0.213. The van der Waals surface area contributed by atoms with Gasteiger partial charge in [-0.05, 0) is 48.9 Å². The van der Waals surface area contributed by atoms with Crippen molar-refractivity contribution in [1.82, 2.24) is 5.43 Å². The average molecular weight is 485 g/mol. The summed E-state index contributed by atoms with van der Waals surface area (Å²) < 4.78 is 35.6. The van der Waals surface area contributed by atoms with E-state index < -0.39 is 20.9 Å². The number of carbonyl (C=O) groups excluding carboxylic acids is 1. The number of nitrogens with one attached hydrogen (secondary N) is 1. The second kappa shape index (κ2) is 10.0. The van der Waals surface area contributed by atoms with Crippen molar-refractivity contribution in [3.05, 3.63) is 87.5 Å². The van der Waals surface area contributed by atoms with Gasteiger partial charge in [0.25, 0.3) is 11.6 Å². The van der Waals surface area contributed by atoms with Gasteiger partial charge in [-0.15, -0.1) is 0 Å². The second-order valence-electron chi connectivity index (χ2n) is 6.87. The molecule has 3 aromatic carbocycles. The van der Waals surface area contributed by atoms with Crippen molar-refractivity contribution in [2.24, 2.45) is 5.10 Å². The molecular formula is C22H19N3O8S. The van der Waals surface area contributed by atoms with Gasteiger partial charge in [-0.3, -0.25) is 14.9 Å². The average Bonchev–Trinajstić information content (AvgIpc) is 2.79. The normalized spacial score (nSPS) is 11.2. The summed E-state index contributed by atoms with van der Waals surface area (Å²) in [5.74, 6) is -0.930. The number of phenols is 1. The molecule has 176 valence electrons. The van der Waals surface area contributed by atoms with Crippen LogP contribution in [0, 0.1) is 17.0 Å². The molecule has 3 rings (SSSR count). The van der Waals surface area contributed by atoms with Crippen LogP contribution in [0.25, 0.3) is 0 Å². The number of phenolic OH excluding ortho intramolecular Hbond substituents is 1. The number of carbonyl (C=O) groups is 1. The molecule has 0 atom stereocenters. The summed E-state index contributed by atoms with van der Waals surface area (Å²) in [6.07, 6.45) is 1.28. The van der Waals surface area contributed by atoms with Crippen LogP contribution < -0.4 is 14.3 Å². The van der Waals surface area contributed by atoms with Crippen molar-refractivity contribution in [1.29, 1.82) is 0 Å². The number of hydrazone groups is 1. The molecule has 0 aliphatic heterocycles. The number of nitro groups is 1. The molecule has 0 radical (unpaired) electrons.